The topological polar surface area (TPSA) is 118 Å². The number of aliphatic hydroxyl groups is 1. The van der Waals surface area contributed by atoms with Gasteiger partial charge in [-0.3, -0.25) is 9.59 Å². The SMILES string of the molecule is NC(=O)[C@@H](N)CC(=O)NCCO. The molecule has 0 aliphatic carbocycles. The lowest BCUT2D eigenvalue weighted by Gasteiger charge is -2.06. The van der Waals surface area contributed by atoms with Crippen molar-refractivity contribution in [3.8, 4) is 0 Å². The van der Waals surface area contributed by atoms with E-state index in [1.807, 2.05) is 0 Å². The Bertz CT molecular complexity index is 171. The first kappa shape index (κ1) is 10.9. The average molecular weight is 175 g/mol. The first-order valence-electron chi connectivity index (χ1n) is 3.50. The van der Waals surface area contributed by atoms with Gasteiger partial charge in [0.2, 0.25) is 11.8 Å². The summed E-state index contributed by atoms with van der Waals surface area (Å²) in [7, 11) is 0. The highest BCUT2D eigenvalue weighted by atomic mass is 16.3. The molecule has 0 aromatic carbocycles. The lowest BCUT2D eigenvalue weighted by Crippen LogP contribution is -2.41. The zero-order valence-electron chi connectivity index (χ0n) is 6.62. The highest BCUT2D eigenvalue weighted by molar-refractivity contribution is 5.86. The summed E-state index contributed by atoms with van der Waals surface area (Å²) in [5.41, 5.74) is 10.0. The summed E-state index contributed by atoms with van der Waals surface area (Å²) in [5, 5.41) is 10.7. The molecule has 0 unspecified atom stereocenters. The van der Waals surface area contributed by atoms with Gasteiger partial charge in [0.15, 0.2) is 0 Å². The van der Waals surface area contributed by atoms with Crippen molar-refractivity contribution in [2.45, 2.75) is 12.5 Å². The Labute approximate surface area is 69.9 Å². The minimum absolute atomic E-state index is 0.141. The second kappa shape index (κ2) is 5.50. The molecule has 0 aromatic rings. The largest absolute Gasteiger partial charge is 0.395 e. The van der Waals surface area contributed by atoms with Gasteiger partial charge in [0.1, 0.15) is 0 Å². The minimum atomic E-state index is -0.955. The molecule has 2 amide bonds. The molecule has 0 aliphatic heterocycles. The number of aliphatic hydroxyl groups excluding tert-OH is 1. The maximum Gasteiger partial charge on any atom is 0.234 e. The lowest BCUT2D eigenvalue weighted by molar-refractivity contribution is -0.126. The zero-order chi connectivity index (χ0) is 9.56. The monoisotopic (exact) mass is 175 g/mol. The van der Waals surface area contributed by atoms with Crippen LogP contribution < -0.4 is 16.8 Å². The third-order valence-corrected chi connectivity index (χ3v) is 1.20. The van der Waals surface area contributed by atoms with E-state index < -0.39 is 17.9 Å². The lowest BCUT2D eigenvalue weighted by atomic mass is 10.2. The van der Waals surface area contributed by atoms with E-state index in [2.05, 4.69) is 5.32 Å². The molecule has 0 aliphatic rings. The molecule has 0 radical (unpaired) electrons. The van der Waals surface area contributed by atoms with Crippen molar-refractivity contribution in [1.29, 1.82) is 0 Å². The van der Waals surface area contributed by atoms with E-state index in [9.17, 15) is 9.59 Å². The van der Waals surface area contributed by atoms with E-state index in [1.54, 1.807) is 0 Å². The van der Waals surface area contributed by atoms with Crippen molar-refractivity contribution < 1.29 is 14.7 Å². The smallest absolute Gasteiger partial charge is 0.234 e. The summed E-state index contributed by atoms with van der Waals surface area (Å²) in [6.45, 7) is 0.0157. The molecule has 1 atom stereocenters. The van der Waals surface area contributed by atoms with E-state index in [4.69, 9.17) is 16.6 Å². The first-order chi connectivity index (χ1) is 5.57. The van der Waals surface area contributed by atoms with Gasteiger partial charge in [-0.05, 0) is 0 Å². The van der Waals surface area contributed by atoms with Gasteiger partial charge < -0.3 is 21.9 Å². The van der Waals surface area contributed by atoms with Crippen LogP contribution in [0.3, 0.4) is 0 Å². The van der Waals surface area contributed by atoms with Crippen LogP contribution in [-0.2, 0) is 9.59 Å². The van der Waals surface area contributed by atoms with E-state index in [0.717, 1.165) is 0 Å². The number of carbonyl (C=O) groups excluding carboxylic acids is 2. The molecular weight excluding hydrogens is 162 g/mol. The number of carbonyl (C=O) groups is 2. The Morgan fingerprint density at radius 2 is 2.08 bits per heavy atom. The van der Waals surface area contributed by atoms with E-state index in [1.165, 1.54) is 0 Å². The van der Waals surface area contributed by atoms with Crippen LogP contribution in [0.15, 0.2) is 0 Å². The van der Waals surface area contributed by atoms with Crippen LogP contribution in [0, 0.1) is 0 Å². The predicted octanol–water partition coefficient (Wildman–Crippen LogP) is -2.70. The minimum Gasteiger partial charge on any atom is -0.395 e. The Morgan fingerprint density at radius 1 is 1.50 bits per heavy atom. The van der Waals surface area contributed by atoms with Gasteiger partial charge in [0, 0.05) is 6.54 Å². The van der Waals surface area contributed by atoms with Crippen molar-refractivity contribution in [3.05, 3.63) is 0 Å². The van der Waals surface area contributed by atoms with Gasteiger partial charge >= 0.3 is 0 Å². The number of primary amides is 1. The van der Waals surface area contributed by atoms with Crippen molar-refractivity contribution >= 4 is 11.8 Å². The molecule has 0 heterocycles. The van der Waals surface area contributed by atoms with Crippen molar-refractivity contribution in [3.63, 3.8) is 0 Å². The molecule has 0 saturated heterocycles. The molecule has 12 heavy (non-hydrogen) atoms. The fourth-order valence-electron chi connectivity index (χ4n) is 0.568. The van der Waals surface area contributed by atoms with Gasteiger partial charge in [-0.1, -0.05) is 0 Å². The van der Waals surface area contributed by atoms with Crippen LogP contribution in [0.25, 0.3) is 0 Å². The van der Waals surface area contributed by atoms with Gasteiger partial charge in [-0.2, -0.15) is 0 Å². The average Bonchev–Trinajstić information content (AvgIpc) is 2.00. The Morgan fingerprint density at radius 3 is 2.50 bits per heavy atom. The highest BCUT2D eigenvalue weighted by Crippen LogP contribution is 1.85. The van der Waals surface area contributed by atoms with E-state index in [-0.39, 0.29) is 19.6 Å². The molecule has 6 heteroatoms. The molecule has 6 nitrogen and oxygen atoms in total. The summed E-state index contributed by atoms with van der Waals surface area (Å²) in [5.74, 6) is -1.11. The Kier molecular flexibility index (Phi) is 4.98. The fourth-order valence-corrected chi connectivity index (χ4v) is 0.568. The molecule has 0 saturated carbocycles. The number of rotatable bonds is 5. The quantitative estimate of drug-likeness (QED) is 0.363. The fraction of sp³-hybridized carbons (Fsp3) is 0.667. The molecule has 0 fully saturated rings. The third kappa shape index (κ3) is 4.64. The van der Waals surface area contributed by atoms with Crippen molar-refractivity contribution in [2.24, 2.45) is 11.5 Å². The zero-order valence-corrected chi connectivity index (χ0v) is 6.62. The maximum absolute atomic E-state index is 10.8. The van der Waals surface area contributed by atoms with Crippen LogP contribution in [-0.4, -0.2) is 36.1 Å². The summed E-state index contributed by atoms with van der Waals surface area (Å²) in [6.07, 6.45) is -0.144. The summed E-state index contributed by atoms with van der Waals surface area (Å²) < 4.78 is 0. The number of amides is 2. The number of nitrogens with one attached hydrogen (secondary N) is 1. The second-order valence-corrected chi connectivity index (χ2v) is 2.29. The Hall–Kier alpha value is -1.14. The normalized spacial score (nSPS) is 12.2. The highest BCUT2D eigenvalue weighted by Gasteiger charge is 2.13. The second-order valence-electron chi connectivity index (χ2n) is 2.29. The summed E-state index contributed by atoms with van der Waals surface area (Å²) >= 11 is 0. The van der Waals surface area contributed by atoms with E-state index >= 15 is 0 Å². The predicted molar refractivity (Wildman–Crippen MR) is 41.9 cm³/mol. The summed E-state index contributed by atoms with van der Waals surface area (Å²) in [6, 6.07) is -0.955. The Balaban J connectivity index is 3.61. The van der Waals surface area contributed by atoms with E-state index in [0.29, 0.717) is 0 Å². The van der Waals surface area contributed by atoms with Crippen LogP contribution >= 0.6 is 0 Å². The standard InChI is InChI=1S/C6H13N3O3/c7-4(6(8)12)3-5(11)9-1-2-10/h4,10H,1-3,7H2,(H2,8,12)(H,9,11)/t4-/m0/s1. The number of hydrogen-bond donors (Lipinski definition) is 4. The molecule has 0 spiro atoms. The van der Waals surface area contributed by atoms with Gasteiger partial charge in [0.25, 0.3) is 0 Å². The van der Waals surface area contributed by atoms with Crippen LogP contribution in [0.5, 0.6) is 0 Å². The van der Waals surface area contributed by atoms with Crippen LogP contribution in [0.4, 0.5) is 0 Å². The van der Waals surface area contributed by atoms with Crippen molar-refractivity contribution in [1.82, 2.24) is 5.32 Å². The van der Waals surface area contributed by atoms with Crippen LogP contribution in [0.1, 0.15) is 6.42 Å². The molecule has 6 N–H and O–H groups in total. The third-order valence-electron chi connectivity index (χ3n) is 1.20. The van der Waals surface area contributed by atoms with Gasteiger partial charge in [-0.15, -0.1) is 0 Å². The van der Waals surface area contributed by atoms with Gasteiger partial charge in [0.05, 0.1) is 19.1 Å². The number of hydrogen-bond acceptors (Lipinski definition) is 4. The summed E-state index contributed by atoms with van der Waals surface area (Å²) in [4.78, 5) is 21.2. The van der Waals surface area contributed by atoms with Crippen LogP contribution in [0.2, 0.25) is 0 Å². The molecule has 0 aromatic heterocycles. The first-order valence-corrected chi connectivity index (χ1v) is 3.50. The molecule has 0 bridgehead atoms. The van der Waals surface area contributed by atoms with Crippen molar-refractivity contribution in [2.75, 3.05) is 13.2 Å². The maximum atomic E-state index is 10.8. The molecule has 0 rings (SSSR count). The van der Waals surface area contributed by atoms with Gasteiger partial charge in [-0.25, -0.2) is 0 Å². The molecule has 70 valence electrons. The number of nitrogens with two attached hydrogens (primary N) is 2. The molecular formula is C6H13N3O3.